The summed E-state index contributed by atoms with van der Waals surface area (Å²) in [5.41, 5.74) is -3.40. The van der Waals surface area contributed by atoms with Crippen LogP contribution in [0.5, 0.6) is 5.75 Å². The minimum absolute atomic E-state index is 0.00748. The fourth-order valence-electron chi connectivity index (χ4n) is 19.6. The number of alkyl halides is 3. The van der Waals surface area contributed by atoms with Crippen LogP contribution in [0.4, 0.5) is 8.78 Å². The number of nitrogens with zero attached hydrogens (tertiary/aromatic N) is 9. The molecule has 7 fully saturated rings. The highest BCUT2D eigenvalue weighted by Crippen LogP contribution is 2.56. The first kappa shape index (κ1) is 97.1. The number of amides is 2. The molecule has 128 heavy (non-hydrogen) atoms. The van der Waals surface area contributed by atoms with Gasteiger partial charge in [0.05, 0.1) is 97.2 Å². The number of halogens is 4. The number of rotatable bonds is 20. The number of ether oxygens (including phenoxy) is 6. The monoisotopic (exact) mass is 1930 g/mol. The van der Waals surface area contributed by atoms with E-state index < -0.39 is 126 Å². The van der Waals surface area contributed by atoms with E-state index in [1.807, 2.05) is 42.5 Å². The number of aromatic nitrogens is 7. The minimum Gasteiger partial charge on any atom is -0.487 e. The Bertz CT molecular complexity index is 5140. The van der Waals surface area contributed by atoms with Crippen LogP contribution in [-0.2, 0) is 101 Å². The molecule has 3 aliphatic heterocycles. The average molecular weight is 1930 g/mol. The molecule has 32 nitrogen and oxygen atoms in total. The third kappa shape index (κ3) is 20.2. The molecule has 1 spiro atoms. The van der Waals surface area contributed by atoms with Gasteiger partial charge in [-0.05, 0) is 192 Å². The van der Waals surface area contributed by atoms with Crippen LogP contribution >= 0.6 is 34.2 Å². The van der Waals surface area contributed by atoms with E-state index in [1.54, 1.807) is 81.0 Å². The van der Waals surface area contributed by atoms with Crippen LogP contribution in [0.2, 0.25) is 10.1 Å². The summed E-state index contributed by atoms with van der Waals surface area (Å²) in [5.74, 6) is -9.34. The molecule has 5 saturated carbocycles. The number of aliphatic hydroxyl groups excluding tert-OH is 1. The van der Waals surface area contributed by atoms with Gasteiger partial charge in [0.2, 0.25) is 17.5 Å². The lowest BCUT2D eigenvalue weighted by atomic mass is 9.66. The van der Waals surface area contributed by atoms with Crippen LogP contribution in [0.3, 0.4) is 0 Å². The number of allylic oxidation sites excluding steroid dienone is 2. The normalized spacial score (nSPS) is 29.1. The smallest absolute Gasteiger partial charge is 0.339 e. The molecule has 4 N–H and O–H groups in total. The quantitative estimate of drug-likeness (QED) is 0.0105. The van der Waals surface area contributed by atoms with Gasteiger partial charge in [0.1, 0.15) is 35.4 Å². The average Bonchev–Trinajstić information content (AvgIpc) is 0.973. The lowest BCUT2D eigenvalue weighted by molar-refractivity contribution is -0.173. The second-order valence-electron chi connectivity index (χ2n) is 36.8. The predicted molar refractivity (Wildman–Crippen MR) is 469 cm³/mol. The molecule has 0 unspecified atom stereocenters. The Hall–Kier alpha value is -9.92. The molecule has 37 heteroatoms. The van der Waals surface area contributed by atoms with E-state index in [9.17, 15) is 71.7 Å². The topological polar surface area (TPSA) is 423 Å². The van der Waals surface area contributed by atoms with Crippen molar-refractivity contribution in [1.29, 1.82) is 0 Å². The highest BCUT2D eigenvalue weighted by molar-refractivity contribution is 14.1. The van der Waals surface area contributed by atoms with Gasteiger partial charge in [0, 0.05) is 61.3 Å². The summed E-state index contributed by atoms with van der Waals surface area (Å²) in [6, 6.07) is 26.8. The molecular weight excluding hydrogens is 1820 g/mol. The number of methoxy groups -OCH3 is 4. The van der Waals surface area contributed by atoms with Gasteiger partial charge in [-0.15, -0.1) is 10.2 Å². The molecule has 6 aromatic rings. The fourth-order valence-corrected chi connectivity index (χ4v) is 26.0. The van der Waals surface area contributed by atoms with Crippen molar-refractivity contribution in [3.05, 3.63) is 131 Å². The first-order chi connectivity index (χ1) is 60.8. The second-order valence-corrected chi connectivity index (χ2v) is 43.1. The molecule has 3 aromatic carbocycles. The summed E-state index contributed by atoms with van der Waals surface area (Å²) in [6.45, 7) is 15.7. The lowest BCUT2D eigenvalue weighted by Gasteiger charge is -2.48. The molecule has 2 amide bonds. The van der Waals surface area contributed by atoms with Crippen molar-refractivity contribution >= 4 is 130 Å². The molecule has 9 aliphatic rings. The maximum absolute atomic E-state index is 14.4. The van der Waals surface area contributed by atoms with Crippen LogP contribution in [0.25, 0.3) is 11.2 Å². The third-order valence-corrected chi connectivity index (χ3v) is 34.4. The lowest BCUT2D eigenvalue weighted by Crippen LogP contribution is -2.68. The molecule has 2 saturated heterocycles. The summed E-state index contributed by atoms with van der Waals surface area (Å²) in [4.78, 5) is 150. The third-order valence-electron chi connectivity index (χ3n) is 27.7. The zero-order chi connectivity index (χ0) is 94.4. The molecule has 0 radical (unpaired) electrons. The number of aryl methyl sites for hydroxylation is 1. The van der Waals surface area contributed by atoms with Crippen LogP contribution in [-0.4, -0.2) is 210 Å². The highest BCUT2D eigenvalue weighted by Gasteiger charge is 2.61. The van der Waals surface area contributed by atoms with Gasteiger partial charge in [-0.2, -0.15) is 0 Å². The van der Waals surface area contributed by atoms with Crippen LogP contribution in [0, 0.1) is 62.1 Å². The summed E-state index contributed by atoms with van der Waals surface area (Å²) >= 11 is 8.93. The van der Waals surface area contributed by atoms with Crippen molar-refractivity contribution in [2.24, 2.45) is 69.1 Å². The van der Waals surface area contributed by atoms with Crippen LogP contribution < -0.4 is 19.9 Å². The van der Waals surface area contributed by atoms with Gasteiger partial charge >= 0.3 is 53.7 Å². The number of esters is 5. The zero-order valence-electron chi connectivity index (χ0n) is 75.2. The number of aliphatic hydroxyl groups is 1. The van der Waals surface area contributed by atoms with E-state index in [1.165, 1.54) is 35.5 Å². The van der Waals surface area contributed by atoms with Crippen LogP contribution in [0.1, 0.15) is 201 Å². The Balaban J connectivity index is 0.000000172. The van der Waals surface area contributed by atoms with E-state index in [0.717, 1.165) is 38.3 Å². The summed E-state index contributed by atoms with van der Waals surface area (Å²) in [5, 5.41) is 55.6. The van der Waals surface area contributed by atoms with Gasteiger partial charge < -0.3 is 67.9 Å². The zero-order valence-corrected chi connectivity index (χ0v) is 78.1. The Kier molecular flexibility index (Phi) is 30.5. The van der Waals surface area contributed by atoms with Crippen molar-refractivity contribution in [3.63, 3.8) is 0 Å². The van der Waals surface area contributed by atoms with E-state index in [0.29, 0.717) is 105 Å². The number of carbonyl (C=O) groups is 11. The predicted octanol–water partition coefficient (Wildman–Crippen LogP) is 11.3. The first-order valence-corrected chi connectivity index (χ1v) is 46.4. The van der Waals surface area contributed by atoms with Gasteiger partial charge in [-0.25, -0.2) is 23.2 Å². The number of hydrogen-bond donors (Lipinski definition) is 4. The number of carboxylic acids is 3. The molecular formula is C91H115ClF2IN9O23Si. The molecule has 2 bridgehead atoms. The summed E-state index contributed by atoms with van der Waals surface area (Å²) in [6.07, 6.45) is 8.60. The summed E-state index contributed by atoms with van der Waals surface area (Å²) in [7, 11) is 3.72. The minimum atomic E-state index is -2.89. The molecule has 3 aromatic heterocycles. The van der Waals surface area contributed by atoms with Crippen molar-refractivity contribution < 1.29 is 121 Å². The van der Waals surface area contributed by atoms with Crippen molar-refractivity contribution in [2.75, 3.05) is 48.1 Å². The number of carboxylic acid groups (broad SMARTS) is 3. The molecule has 15 rings (SSSR count). The molecule has 6 heterocycles. The van der Waals surface area contributed by atoms with E-state index in [4.69, 9.17) is 51.4 Å². The van der Waals surface area contributed by atoms with Gasteiger partial charge in [-0.3, -0.25) is 47.9 Å². The Morgan fingerprint density at radius 2 is 1.32 bits per heavy atom. The molecule has 694 valence electrons. The standard InChI is InChI=1S/C31H36N4O5Si.C30H36ClF2N5O5.C10H13IO4.C10H16O5.C10H14O4/c1-30(2,3)41(23-13-8-6-9-14-23,24-15-10-7-11-16-24)40-22-18-19-31(4,29(37)38-5)25(21-22)28(36)39-35-27-26(33-34-35)17-12-20-32-27;1-29(28(41)42)9-4-3-5-18(29)27(40)38-12-8-17-19(31)6-7-22(43-15-20-25(26(32)33)36(2)35-34-20)24(17)21(38)14-37-16-30(10-11-30)13-23(37)39;1-10(9(13)14-2)4-6(11)7-3-5(10)8(12)15-7;1-10(9(14)15-2)4-3-6(11)5-7(10)8(12)13;1-10(9(13)14-2)6-4-3-5-7(10)8(11)12/h6-17,20,22,25H,18-19,21H2,1-5H3;6-7,18,21,26H,3-5,8-16H2,1-2H3,(H,41,42);5-7H,3-4H2,1-2H3;6-7,11H,3-5H2,1-2H3,(H,12,13);3-4,7H,5-6H2,1-2H3,(H,11,12)/t22-,25+,31+;18-,21+,29-;5-,6-,7-,10-;6-,7+,10+;7-,10-/m10010/s1/i;3D;;;/t;3-,18+,21-,29+;;;/m.1.... The van der Waals surface area contributed by atoms with E-state index in [-0.39, 0.29) is 113 Å². The number of aliphatic carboxylic acids is 3. The number of fused-ring (bicyclic) bond motifs is 4. The number of benzene rings is 3. The maximum Gasteiger partial charge on any atom is 0.339 e. The second kappa shape index (κ2) is 40.2. The first-order valence-electron chi connectivity index (χ1n) is 43.4. The Morgan fingerprint density at radius 3 is 1.91 bits per heavy atom. The maximum atomic E-state index is 14.4. The molecule has 16 atom stereocenters. The fraction of sp³-hybridized carbons (Fsp3) is 0.582. The van der Waals surface area contributed by atoms with Gasteiger partial charge in [0.25, 0.3) is 14.7 Å². The SMILES string of the molecule is COC(=O)[C@@]1(C)CC=CC[C@H]1C(=O)O.COC(=O)[C@@]1(C)CC[C@@H](O)C[C@H]1C(=O)O.COC(=O)[C@@]1(C)CC[C@@H](O[Si](c2ccccc2)(c2ccccc2)C(C)(C)C)C[C@H]1C(=O)On1nnc2cccnc21.COC(=O)[C@@]1(C)C[C@H](I)[C@@H]2C[C@H]1C(=O)O2.[2H][C@@H]1CC[C@](C)(C(=O)O)[C@H](C(=O)N2CCc3c(Cl)ccc(OCc4nnn(C)c4C(F)F)c3[C@H]2CN2CC3(CC3)CC2=O)C1. The van der Waals surface area contributed by atoms with Gasteiger partial charge in [0.15, 0.2) is 0 Å². The number of carbonyl (C=O) groups excluding carboxylic acids is 8. The van der Waals surface area contributed by atoms with Crippen LogP contribution in [0.15, 0.2) is 103 Å². The molecule has 6 aliphatic carbocycles. The Labute approximate surface area is 762 Å². The number of pyridine rings is 1. The number of likely N-dealkylation sites (tertiary alicyclic amines) is 1. The highest BCUT2D eigenvalue weighted by atomic mass is 127. The van der Waals surface area contributed by atoms with Crippen molar-refractivity contribution in [3.8, 4) is 5.75 Å². The Morgan fingerprint density at radius 1 is 0.711 bits per heavy atom. The van der Waals surface area contributed by atoms with E-state index >= 15 is 0 Å². The van der Waals surface area contributed by atoms with E-state index in [2.05, 4.69) is 103 Å². The van der Waals surface area contributed by atoms with Gasteiger partial charge in [-0.1, -0.05) is 146 Å². The number of hydrogen-bond acceptors (Lipinski definition) is 25. The van der Waals surface area contributed by atoms with Crippen molar-refractivity contribution in [2.45, 2.75) is 217 Å². The largest absolute Gasteiger partial charge is 0.487 e. The van der Waals surface area contributed by atoms with Crippen molar-refractivity contribution in [1.82, 2.24) is 44.9 Å². The summed E-state index contributed by atoms with van der Waals surface area (Å²) < 4.78 is 75.0.